The van der Waals surface area contributed by atoms with Crippen LogP contribution in [0, 0.1) is 0 Å². The van der Waals surface area contributed by atoms with Gasteiger partial charge in [-0.3, -0.25) is 4.52 Å². The Morgan fingerprint density at radius 3 is 1.69 bits per heavy atom. The third kappa shape index (κ3) is 16.2. The monoisotopic (exact) mass is 397 g/mol. The molecule has 0 bridgehead atoms. The average Bonchev–Trinajstić information content (AvgIpc) is 2.59. The Hall–Kier alpha value is -0.0100. The number of rotatable bonds is 18. The molecular formula is C18H40NO6P. The lowest BCUT2D eigenvalue weighted by Gasteiger charge is -2.23. The fourth-order valence-electron chi connectivity index (χ4n) is 2.93. The standard InChI is InChI=1S/C18H40NO6P/c1-2-3-4-5-6-7-8-9-10-11-12-13-14-17(20)18(21)16(19)15-25-26(22,23)24/h16-18,20-21H,2-15,19H2,1H3,(H2,22,23,24)/t16-,17?,18-/m0/s1. The molecule has 0 aliphatic carbocycles. The minimum atomic E-state index is -4.61. The van der Waals surface area contributed by atoms with Crippen LogP contribution in [0.4, 0.5) is 0 Å². The summed E-state index contributed by atoms with van der Waals surface area (Å²) in [7, 11) is -4.61. The molecule has 0 aromatic heterocycles. The summed E-state index contributed by atoms with van der Waals surface area (Å²) in [5.74, 6) is 0. The second-order valence-electron chi connectivity index (χ2n) is 7.19. The first-order valence-electron chi connectivity index (χ1n) is 10.1. The summed E-state index contributed by atoms with van der Waals surface area (Å²) in [6.45, 7) is 1.73. The second-order valence-corrected chi connectivity index (χ2v) is 8.43. The molecule has 0 amide bonds. The molecule has 0 heterocycles. The number of hydrogen-bond donors (Lipinski definition) is 5. The smallest absolute Gasteiger partial charge is 0.390 e. The Morgan fingerprint density at radius 1 is 0.846 bits per heavy atom. The molecule has 0 aliphatic rings. The van der Waals surface area contributed by atoms with Crippen LogP contribution in [-0.4, -0.2) is 44.9 Å². The molecule has 3 atom stereocenters. The quantitative estimate of drug-likeness (QED) is 0.177. The predicted octanol–water partition coefficient (Wildman–Crippen LogP) is 3.24. The maximum Gasteiger partial charge on any atom is 0.469 e. The van der Waals surface area contributed by atoms with Gasteiger partial charge >= 0.3 is 7.82 Å². The summed E-state index contributed by atoms with van der Waals surface area (Å²) in [5, 5.41) is 19.8. The van der Waals surface area contributed by atoms with Gasteiger partial charge in [-0.25, -0.2) is 4.57 Å². The van der Waals surface area contributed by atoms with Crippen LogP contribution in [-0.2, 0) is 9.09 Å². The molecule has 0 saturated carbocycles. The molecule has 0 radical (unpaired) electrons. The van der Waals surface area contributed by atoms with E-state index in [1.807, 2.05) is 0 Å². The highest BCUT2D eigenvalue weighted by Gasteiger charge is 2.26. The van der Waals surface area contributed by atoms with Crippen molar-refractivity contribution in [2.24, 2.45) is 5.73 Å². The van der Waals surface area contributed by atoms with Crippen LogP contribution in [0.5, 0.6) is 0 Å². The van der Waals surface area contributed by atoms with Gasteiger partial charge in [-0.2, -0.15) is 0 Å². The first-order valence-corrected chi connectivity index (χ1v) is 11.6. The first-order chi connectivity index (χ1) is 12.3. The molecule has 158 valence electrons. The molecular weight excluding hydrogens is 357 g/mol. The van der Waals surface area contributed by atoms with Gasteiger partial charge in [0.05, 0.1) is 24.9 Å². The number of phosphoric acid groups is 1. The number of aliphatic hydroxyl groups is 2. The van der Waals surface area contributed by atoms with Crippen LogP contribution in [0.25, 0.3) is 0 Å². The van der Waals surface area contributed by atoms with E-state index >= 15 is 0 Å². The zero-order chi connectivity index (χ0) is 19.8. The normalized spacial score (nSPS) is 15.8. The molecule has 0 aliphatic heterocycles. The molecule has 0 aromatic rings. The van der Waals surface area contributed by atoms with Crippen LogP contribution in [0.1, 0.15) is 90.4 Å². The van der Waals surface area contributed by atoms with E-state index in [-0.39, 0.29) is 0 Å². The van der Waals surface area contributed by atoms with Crippen molar-refractivity contribution in [3.05, 3.63) is 0 Å². The Morgan fingerprint density at radius 2 is 1.27 bits per heavy atom. The summed E-state index contributed by atoms with van der Waals surface area (Å²) >= 11 is 0. The zero-order valence-electron chi connectivity index (χ0n) is 16.3. The maximum absolute atomic E-state index is 10.6. The van der Waals surface area contributed by atoms with E-state index in [9.17, 15) is 14.8 Å². The van der Waals surface area contributed by atoms with E-state index in [1.54, 1.807) is 0 Å². The molecule has 0 fully saturated rings. The Kier molecular flexibility index (Phi) is 16.0. The number of aliphatic hydroxyl groups excluding tert-OH is 2. The lowest BCUT2D eigenvalue weighted by molar-refractivity contribution is -0.0121. The average molecular weight is 397 g/mol. The third-order valence-electron chi connectivity index (χ3n) is 4.62. The summed E-state index contributed by atoms with van der Waals surface area (Å²) in [4.78, 5) is 17.2. The van der Waals surface area contributed by atoms with Gasteiger partial charge < -0.3 is 25.7 Å². The summed E-state index contributed by atoms with van der Waals surface area (Å²) in [6, 6.07) is -1.03. The number of hydrogen-bond acceptors (Lipinski definition) is 5. The van der Waals surface area contributed by atoms with Crippen LogP contribution in [0.15, 0.2) is 0 Å². The van der Waals surface area contributed by atoms with E-state index in [4.69, 9.17) is 15.5 Å². The van der Waals surface area contributed by atoms with Crippen molar-refractivity contribution in [1.29, 1.82) is 0 Å². The van der Waals surface area contributed by atoms with Gasteiger partial charge in [0.2, 0.25) is 0 Å². The SMILES string of the molecule is CCCCCCCCCCCCCCC(O)[C@@H](O)[C@@H](N)COP(=O)(O)O. The van der Waals surface area contributed by atoms with Crippen LogP contribution in [0.3, 0.4) is 0 Å². The Labute approximate surface area is 158 Å². The van der Waals surface area contributed by atoms with Gasteiger partial charge in [-0.05, 0) is 6.42 Å². The number of nitrogens with two attached hydrogens (primary N) is 1. The summed E-state index contributed by atoms with van der Waals surface area (Å²) < 4.78 is 14.8. The third-order valence-corrected chi connectivity index (χ3v) is 5.11. The molecule has 8 heteroatoms. The molecule has 1 unspecified atom stereocenters. The lowest BCUT2D eigenvalue weighted by Crippen LogP contribution is -2.45. The van der Waals surface area contributed by atoms with Crippen LogP contribution in [0.2, 0.25) is 0 Å². The lowest BCUT2D eigenvalue weighted by atomic mass is 10.00. The van der Waals surface area contributed by atoms with E-state index in [1.165, 1.54) is 57.8 Å². The van der Waals surface area contributed by atoms with Gasteiger partial charge in [0.1, 0.15) is 0 Å². The molecule has 0 aromatic carbocycles. The number of phosphoric ester groups is 1. The largest absolute Gasteiger partial charge is 0.469 e. The van der Waals surface area contributed by atoms with Crippen molar-refractivity contribution in [1.82, 2.24) is 0 Å². The van der Waals surface area contributed by atoms with Crippen molar-refractivity contribution in [2.45, 2.75) is 109 Å². The van der Waals surface area contributed by atoms with Gasteiger partial charge in [0.25, 0.3) is 0 Å². The second kappa shape index (κ2) is 16.0. The highest BCUT2D eigenvalue weighted by atomic mass is 31.2. The molecule has 0 spiro atoms. The van der Waals surface area contributed by atoms with Crippen molar-refractivity contribution < 1.29 is 29.1 Å². The van der Waals surface area contributed by atoms with Gasteiger partial charge in [-0.1, -0.05) is 84.0 Å². The van der Waals surface area contributed by atoms with Gasteiger partial charge in [0.15, 0.2) is 0 Å². The Bertz CT molecular complexity index is 366. The number of unbranched alkanes of at least 4 members (excludes halogenated alkanes) is 11. The van der Waals surface area contributed by atoms with E-state index < -0.39 is 32.7 Å². The topological polar surface area (TPSA) is 133 Å². The van der Waals surface area contributed by atoms with Crippen molar-refractivity contribution in [3.63, 3.8) is 0 Å². The van der Waals surface area contributed by atoms with E-state index in [2.05, 4.69) is 11.4 Å². The highest BCUT2D eigenvalue weighted by molar-refractivity contribution is 7.46. The van der Waals surface area contributed by atoms with E-state index in [0.29, 0.717) is 6.42 Å². The molecule has 7 nitrogen and oxygen atoms in total. The molecule has 26 heavy (non-hydrogen) atoms. The van der Waals surface area contributed by atoms with E-state index in [0.717, 1.165) is 19.3 Å². The fraction of sp³-hybridized carbons (Fsp3) is 1.00. The fourth-order valence-corrected chi connectivity index (χ4v) is 3.30. The minimum Gasteiger partial charge on any atom is -0.390 e. The Balaban J connectivity index is 3.52. The first kappa shape index (κ1) is 26.0. The highest BCUT2D eigenvalue weighted by Crippen LogP contribution is 2.35. The minimum absolute atomic E-state index is 0.419. The van der Waals surface area contributed by atoms with Crippen LogP contribution >= 0.6 is 7.82 Å². The van der Waals surface area contributed by atoms with Gasteiger partial charge in [-0.15, -0.1) is 0 Å². The van der Waals surface area contributed by atoms with Crippen LogP contribution < -0.4 is 5.73 Å². The van der Waals surface area contributed by atoms with Crippen molar-refractivity contribution in [2.75, 3.05) is 6.61 Å². The molecule has 0 rings (SSSR count). The maximum atomic E-state index is 10.6. The zero-order valence-corrected chi connectivity index (χ0v) is 17.2. The summed E-state index contributed by atoms with van der Waals surface area (Å²) in [5.41, 5.74) is 5.58. The summed E-state index contributed by atoms with van der Waals surface area (Å²) in [6.07, 6.45) is 12.8. The molecule has 0 saturated heterocycles. The molecule has 6 N–H and O–H groups in total. The van der Waals surface area contributed by atoms with Gasteiger partial charge in [0, 0.05) is 0 Å². The van der Waals surface area contributed by atoms with Crippen molar-refractivity contribution >= 4 is 7.82 Å². The predicted molar refractivity (Wildman–Crippen MR) is 104 cm³/mol. The van der Waals surface area contributed by atoms with Crippen molar-refractivity contribution in [3.8, 4) is 0 Å².